The van der Waals surface area contributed by atoms with Gasteiger partial charge in [0.15, 0.2) is 6.54 Å². The zero-order valence-corrected chi connectivity index (χ0v) is 16.5. The summed E-state index contributed by atoms with van der Waals surface area (Å²) in [5.41, 5.74) is 1.02. The van der Waals surface area contributed by atoms with E-state index in [2.05, 4.69) is 21.6 Å². The maximum Gasteiger partial charge on any atom is 0.316 e. The highest BCUT2D eigenvalue weighted by Gasteiger charge is 2.53. The highest BCUT2D eigenvalue weighted by atomic mass is 79.9. The Bertz CT molecular complexity index is 767. The molecule has 0 aromatic heterocycles. The Morgan fingerprint density at radius 2 is 1.84 bits per heavy atom. The third-order valence-electron chi connectivity index (χ3n) is 4.66. The first-order chi connectivity index (χ1) is 11.7. The van der Waals surface area contributed by atoms with Gasteiger partial charge < -0.3 is 26.8 Å². The van der Waals surface area contributed by atoms with E-state index in [4.69, 9.17) is 4.74 Å². The molecule has 2 aliphatic rings. The van der Waals surface area contributed by atoms with Crippen molar-refractivity contribution < 1.29 is 31.4 Å². The number of hydrogen-bond acceptors (Lipinski definition) is 4. The van der Waals surface area contributed by atoms with Crippen molar-refractivity contribution in [2.45, 2.75) is 12.1 Å². The Balaban J connectivity index is 0.00000182. The molecule has 1 N–H and O–H groups in total. The first-order valence-electron chi connectivity index (χ1n) is 8.19. The fraction of sp³-hybridized carbons (Fsp3) is 0.316. The molecule has 2 aliphatic heterocycles. The largest absolute Gasteiger partial charge is 1.00 e. The average Bonchev–Trinajstić information content (AvgIpc) is 2.97. The van der Waals surface area contributed by atoms with E-state index in [0.717, 1.165) is 40.9 Å². The lowest BCUT2D eigenvalue weighted by molar-refractivity contribution is -0.656. The maximum absolute atomic E-state index is 11.6. The van der Waals surface area contributed by atoms with Crippen molar-refractivity contribution in [3.63, 3.8) is 0 Å². The Hall–Kier alpha value is -1.50. The SMILES string of the molecule is COc1ccc(C2(O)CN(c3ccccc3)C3=[N+]2CCCS3)cc1.[Br-]. The Morgan fingerprint density at radius 1 is 1.12 bits per heavy atom. The Kier molecular flexibility index (Phi) is 5.41. The molecule has 0 aliphatic carbocycles. The van der Waals surface area contributed by atoms with Crippen molar-refractivity contribution >= 4 is 22.6 Å². The lowest BCUT2D eigenvalue weighted by atomic mass is 10.0. The molecule has 2 aromatic carbocycles. The van der Waals surface area contributed by atoms with Crippen LogP contribution < -0.4 is 26.6 Å². The van der Waals surface area contributed by atoms with Gasteiger partial charge in [-0.25, -0.2) is 9.48 Å². The number of thioether (sulfide) groups is 1. The molecular weight excluding hydrogens is 400 g/mol. The average molecular weight is 421 g/mol. The molecule has 6 heteroatoms. The number of nitrogens with zero attached hydrogens (tertiary/aromatic N) is 2. The van der Waals surface area contributed by atoms with Crippen LogP contribution in [0, 0.1) is 0 Å². The van der Waals surface area contributed by atoms with E-state index in [1.165, 1.54) is 0 Å². The highest BCUT2D eigenvalue weighted by molar-refractivity contribution is 8.13. The minimum absolute atomic E-state index is 0. The van der Waals surface area contributed by atoms with Gasteiger partial charge in [-0.05, 0) is 54.6 Å². The molecule has 0 saturated heterocycles. The fourth-order valence-corrected chi connectivity index (χ4v) is 4.59. The van der Waals surface area contributed by atoms with Crippen molar-refractivity contribution in [3.05, 3.63) is 60.2 Å². The monoisotopic (exact) mass is 420 g/mol. The summed E-state index contributed by atoms with van der Waals surface area (Å²) in [6.07, 6.45) is 1.08. The van der Waals surface area contributed by atoms with Gasteiger partial charge in [0.25, 0.3) is 5.72 Å². The summed E-state index contributed by atoms with van der Waals surface area (Å²) in [6.45, 7) is 1.40. The number of amidine groups is 1. The van der Waals surface area contributed by atoms with E-state index >= 15 is 0 Å². The van der Waals surface area contributed by atoms with Gasteiger partial charge in [-0.1, -0.05) is 18.2 Å². The third kappa shape index (κ3) is 3.18. The van der Waals surface area contributed by atoms with Gasteiger partial charge in [0.05, 0.1) is 13.7 Å². The molecule has 4 nitrogen and oxygen atoms in total. The van der Waals surface area contributed by atoms with Crippen LogP contribution in [0.2, 0.25) is 0 Å². The minimum Gasteiger partial charge on any atom is -1.00 e. The molecule has 0 fully saturated rings. The van der Waals surface area contributed by atoms with E-state index in [0.29, 0.717) is 6.54 Å². The molecular formula is C19H21BrN2O2S. The molecule has 132 valence electrons. The van der Waals surface area contributed by atoms with Crippen LogP contribution in [-0.2, 0) is 5.72 Å². The number of β-amino-alcohol motifs (C(OH)–C–C–N with tert-alkyl or cyclic N) is 1. The van der Waals surface area contributed by atoms with E-state index in [1.807, 2.05) is 54.2 Å². The standard InChI is InChI=1S/C19H21N2O2S.BrH/c1-23-17-10-8-15(9-11-17)19(22)14-20(16-6-3-2-4-7-16)18-21(19)12-5-13-24-18;/h2-4,6-11,22H,5,12-14H2,1H3;1H/q+1;/p-1. The van der Waals surface area contributed by atoms with Crippen LogP contribution in [0.15, 0.2) is 54.6 Å². The molecule has 0 spiro atoms. The van der Waals surface area contributed by atoms with Gasteiger partial charge in [-0.3, -0.25) is 0 Å². The Labute approximate surface area is 162 Å². The van der Waals surface area contributed by atoms with E-state index in [-0.39, 0.29) is 17.0 Å². The first kappa shape index (κ1) is 18.3. The number of benzene rings is 2. The topological polar surface area (TPSA) is 35.7 Å². The van der Waals surface area contributed by atoms with E-state index in [1.54, 1.807) is 7.11 Å². The number of hydrogen-bond donors (Lipinski definition) is 1. The predicted octanol–water partition coefficient (Wildman–Crippen LogP) is -0.130. The summed E-state index contributed by atoms with van der Waals surface area (Å²) in [7, 11) is 1.66. The zero-order valence-electron chi connectivity index (χ0n) is 14.1. The smallest absolute Gasteiger partial charge is 0.316 e. The quantitative estimate of drug-likeness (QED) is 0.701. The Morgan fingerprint density at radius 3 is 2.52 bits per heavy atom. The van der Waals surface area contributed by atoms with E-state index in [9.17, 15) is 5.11 Å². The second-order valence-corrected chi connectivity index (χ2v) is 7.17. The van der Waals surface area contributed by atoms with Crippen LogP contribution in [0.25, 0.3) is 0 Å². The summed E-state index contributed by atoms with van der Waals surface area (Å²) in [6, 6.07) is 18.0. The summed E-state index contributed by atoms with van der Waals surface area (Å²) >= 11 is 1.83. The lowest BCUT2D eigenvalue weighted by Gasteiger charge is -2.24. The first-order valence-corrected chi connectivity index (χ1v) is 9.18. The second kappa shape index (κ2) is 7.40. The van der Waals surface area contributed by atoms with Crippen molar-refractivity contribution in [1.29, 1.82) is 0 Å². The van der Waals surface area contributed by atoms with Crippen LogP contribution in [0.5, 0.6) is 5.75 Å². The number of aliphatic hydroxyl groups is 1. The predicted molar refractivity (Wildman–Crippen MR) is 97.9 cm³/mol. The summed E-state index contributed by atoms with van der Waals surface area (Å²) < 4.78 is 7.40. The van der Waals surface area contributed by atoms with Crippen molar-refractivity contribution in [2.75, 3.05) is 30.9 Å². The number of anilines is 1. The normalized spacial score (nSPS) is 22.4. The fourth-order valence-electron chi connectivity index (χ4n) is 3.41. The molecule has 2 aromatic rings. The number of halogens is 1. The number of ether oxygens (including phenoxy) is 1. The van der Waals surface area contributed by atoms with Crippen molar-refractivity contribution in [3.8, 4) is 5.75 Å². The molecule has 0 amide bonds. The summed E-state index contributed by atoms with van der Waals surface area (Å²) in [5, 5.41) is 12.7. The molecule has 4 rings (SSSR count). The van der Waals surface area contributed by atoms with Gasteiger partial charge in [0.2, 0.25) is 0 Å². The van der Waals surface area contributed by atoms with Gasteiger partial charge in [0, 0.05) is 11.3 Å². The van der Waals surface area contributed by atoms with Crippen molar-refractivity contribution in [1.82, 2.24) is 0 Å². The summed E-state index contributed by atoms with van der Waals surface area (Å²) in [5.74, 6) is 1.89. The summed E-state index contributed by atoms with van der Waals surface area (Å²) in [4.78, 5) is 2.23. The molecule has 0 radical (unpaired) electrons. The highest BCUT2D eigenvalue weighted by Crippen LogP contribution is 2.37. The van der Waals surface area contributed by atoms with Gasteiger partial charge in [0.1, 0.15) is 11.4 Å². The van der Waals surface area contributed by atoms with Crippen molar-refractivity contribution in [2.24, 2.45) is 0 Å². The second-order valence-electron chi connectivity index (χ2n) is 6.10. The molecule has 1 atom stereocenters. The maximum atomic E-state index is 11.6. The van der Waals surface area contributed by atoms with Crippen LogP contribution in [-0.4, -0.2) is 40.8 Å². The minimum atomic E-state index is -1.01. The van der Waals surface area contributed by atoms with E-state index < -0.39 is 5.72 Å². The third-order valence-corrected chi connectivity index (χ3v) is 5.86. The van der Waals surface area contributed by atoms with Gasteiger partial charge >= 0.3 is 5.17 Å². The number of rotatable bonds is 3. The molecule has 25 heavy (non-hydrogen) atoms. The zero-order chi connectivity index (χ0) is 16.6. The van der Waals surface area contributed by atoms with Gasteiger partial charge in [-0.15, -0.1) is 0 Å². The number of methoxy groups -OCH3 is 1. The van der Waals surface area contributed by atoms with Gasteiger partial charge in [-0.2, -0.15) is 0 Å². The lowest BCUT2D eigenvalue weighted by Crippen LogP contribution is -3.00. The molecule has 0 saturated carbocycles. The van der Waals surface area contributed by atoms with Crippen LogP contribution in [0.4, 0.5) is 5.69 Å². The molecule has 0 bridgehead atoms. The van der Waals surface area contributed by atoms with Crippen LogP contribution in [0.3, 0.4) is 0 Å². The molecule has 1 unspecified atom stereocenters. The number of para-hydroxylation sites is 1. The van der Waals surface area contributed by atoms with Crippen LogP contribution in [0.1, 0.15) is 12.0 Å². The van der Waals surface area contributed by atoms with Crippen LogP contribution >= 0.6 is 11.8 Å². The molecule has 2 heterocycles.